The van der Waals surface area contributed by atoms with E-state index in [-0.39, 0.29) is 22.9 Å². The Kier molecular flexibility index (Phi) is 3.49. The number of primary amides is 1. The van der Waals surface area contributed by atoms with Gasteiger partial charge in [0.1, 0.15) is 17.8 Å². The van der Waals surface area contributed by atoms with Gasteiger partial charge in [-0.2, -0.15) is 0 Å². The number of nitrogen functional groups attached to an aromatic ring is 1. The van der Waals surface area contributed by atoms with Gasteiger partial charge in [0.25, 0.3) is 5.91 Å². The van der Waals surface area contributed by atoms with E-state index in [0.717, 1.165) is 18.4 Å². The van der Waals surface area contributed by atoms with Gasteiger partial charge in [0.05, 0.1) is 11.4 Å². The van der Waals surface area contributed by atoms with Gasteiger partial charge >= 0.3 is 0 Å². The highest BCUT2D eigenvalue weighted by atomic mass is 19.1. The summed E-state index contributed by atoms with van der Waals surface area (Å²) in [5, 5.41) is 3.77. The molecule has 3 aromatic rings. The molecule has 1 aliphatic carbocycles. The van der Waals surface area contributed by atoms with Gasteiger partial charge in [0.15, 0.2) is 5.69 Å². The fourth-order valence-corrected chi connectivity index (χ4v) is 2.91. The van der Waals surface area contributed by atoms with Crippen molar-refractivity contribution in [1.82, 2.24) is 10.1 Å². The molecule has 7 heteroatoms. The zero-order valence-corrected chi connectivity index (χ0v) is 13.2. The minimum atomic E-state index is -0.727. The SMILES string of the molecule is NC(=O)c1nc(-c2cccc(-c3ccon3)c2F)cc(C2CC2)c1N. The quantitative estimate of drug-likeness (QED) is 0.760. The molecule has 0 spiro atoms. The van der Waals surface area contributed by atoms with Gasteiger partial charge in [-0.05, 0) is 42.5 Å². The maximum Gasteiger partial charge on any atom is 0.269 e. The average Bonchev–Trinajstić information content (AvgIpc) is 3.29. The van der Waals surface area contributed by atoms with E-state index in [1.54, 1.807) is 30.3 Å². The maximum absolute atomic E-state index is 15.0. The van der Waals surface area contributed by atoms with Crippen LogP contribution in [0.2, 0.25) is 0 Å². The second kappa shape index (κ2) is 5.70. The third-order valence-electron chi connectivity index (χ3n) is 4.33. The van der Waals surface area contributed by atoms with Gasteiger partial charge in [-0.15, -0.1) is 0 Å². The van der Waals surface area contributed by atoms with Crippen molar-refractivity contribution >= 4 is 11.6 Å². The normalized spacial score (nSPS) is 13.8. The van der Waals surface area contributed by atoms with Crippen molar-refractivity contribution in [3.05, 3.63) is 53.7 Å². The third kappa shape index (κ3) is 2.63. The molecule has 0 bridgehead atoms. The molecule has 1 aromatic carbocycles. The first-order chi connectivity index (χ1) is 12.1. The molecule has 0 aliphatic heterocycles. The Labute approximate surface area is 142 Å². The molecule has 126 valence electrons. The maximum atomic E-state index is 15.0. The van der Waals surface area contributed by atoms with Gasteiger partial charge in [0.2, 0.25) is 0 Å². The lowest BCUT2D eigenvalue weighted by molar-refractivity contribution is 0.0996. The van der Waals surface area contributed by atoms with Crippen LogP contribution in [0.3, 0.4) is 0 Å². The summed E-state index contributed by atoms with van der Waals surface area (Å²) in [4.78, 5) is 15.9. The van der Waals surface area contributed by atoms with Gasteiger partial charge < -0.3 is 16.0 Å². The van der Waals surface area contributed by atoms with Crippen LogP contribution in [0.25, 0.3) is 22.5 Å². The fourth-order valence-electron chi connectivity index (χ4n) is 2.91. The summed E-state index contributed by atoms with van der Waals surface area (Å²) in [6, 6.07) is 8.21. The summed E-state index contributed by atoms with van der Waals surface area (Å²) in [6.45, 7) is 0. The Hall–Kier alpha value is -3.22. The van der Waals surface area contributed by atoms with Crippen LogP contribution in [-0.2, 0) is 0 Å². The molecule has 2 aromatic heterocycles. The van der Waals surface area contributed by atoms with E-state index in [2.05, 4.69) is 10.1 Å². The Morgan fingerprint density at radius 1 is 1.20 bits per heavy atom. The first-order valence-electron chi connectivity index (χ1n) is 7.86. The molecule has 0 radical (unpaired) electrons. The number of carbonyl (C=O) groups excluding carboxylic acids is 1. The lowest BCUT2D eigenvalue weighted by Crippen LogP contribution is -2.17. The number of nitrogens with two attached hydrogens (primary N) is 2. The van der Waals surface area contributed by atoms with Crippen molar-refractivity contribution in [3.8, 4) is 22.5 Å². The van der Waals surface area contributed by atoms with E-state index in [9.17, 15) is 4.79 Å². The molecule has 0 saturated heterocycles. The number of anilines is 1. The van der Waals surface area contributed by atoms with E-state index in [1.807, 2.05) is 0 Å². The molecule has 1 amide bonds. The smallest absolute Gasteiger partial charge is 0.269 e. The number of aromatic nitrogens is 2. The number of hydrogen-bond acceptors (Lipinski definition) is 5. The predicted octanol–water partition coefficient (Wildman–Crippen LogP) is 3.10. The molecule has 4 N–H and O–H groups in total. The Morgan fingerprint density at radius 2 is 1.92 bits per heavy atom. The standard InChI is InChI=1S/C18H15FN4O2/c19-15-10(13-6-7-25-23-13)2-1-3-11(15)14-8-12(9-4-5-9)16(20)17(22-14)18(21)24/h1-3,6-9H,4-5,20H2,(H2,21,24). The molecule has 6 nitrogen and oxygen atoms in total. The molecule has 0 unspecified atom stereocenters. The minimum Gasteiger partial charge on any atom is -0.397 e. The second-order valence-corrected chi connectivity index (χ2v) is 6.05. The van der Waals surface area contributed by atoms with E-state index in [1.165, 1.54) is 6.26 Å². The van der Waals surface area contributed by atoms with Crippen LogP contribution in [0.4, 0.5) is 10.1 Å². The molecule has 0 atom stereocenters. The van der Waals surface area contributed by atoms with Crippen molar-refractivity contribution < 1.29 is 13.7 Å². The van der Waals surface area contributed by atoms with Crippen molar-refractivity contribution in [2.75, 3.05) is 5.73 Å². The third-order valence-corrected chi connectivity index (χ3v) is 4.33. The Morgan fingerprint density at radius 3 is 2.52 bits per heavy atom. The van der Waals surface area contributed by atoms with Crippen LogP contribution in [0.1, 0.15) is 34.8 Å². The molecule has 1 aliphatic rings. The number of benzene rings is 1. The van der Waals surface area contributed by atoms with Gasteiger partial charge in [-0.25, -0.2) is 9.37 Å². The van der Waals surface area contributed by atoms with Gasteiger partial charge in [-0.3, -0.25) is 4.79 Å². The summed E-state index contributed by atoms with van der Waals surface area (Å²) < 4.78 is 19.8. The second-order valence-electron chi connectivity index (χ2n) is 6.05. The van der Waals surface area contributed by atoms with Crippen LogP contribution in [0.5, 0.6) is 0 Å². The lowest BCUT2D eigenvalue weighted by Gasteiger charge is -2.12. The highest BCUT2D eigenvalue weighted by Gasteiger charge is 2.29. The van der Waals surface area contributed by atoms with Crippen LogP contribution < -0.4 is 11.5 Å². The zero-order valence-electron chi connectivity index (χ0n) is 13.2. The molecular formula is C18H15FN4O2. The number of pyridine rings is 1. The van der Waals surface area contributed by atoms with Crippen molar-refractivity contribution in [2.45, 2.75) is 18.8 Å². The summed E-state index contributed by atoms with van der Waals surface area (Å²) in [5.74, 6) is -0.957. The predicted molar refractivity (Wildman–Crippen MR) is 90.0 cm³/mol. The van der Waals surface area contributed by atoms with Gasteiger partial charge in [0, 0.05) is 17.2 Å². The Bertz CT molecular complexity index is 965. The first-order valence-corrected chi connectivity index (χ1v) is 7.86. The van der Waals surface area contributed by atoms with Crippen LogP contribution in [0, 0.1) is 5.82 Å². The summed E-state index contributed by atoms with van der Waals surface area (Å²) in [6.07, 6.45) is 3.33. The molecule has 1 saturated carbocycles. The number of rotatable bonds is 4. The molecule has 4 rings (SSSR count). The fraction of sp³-hybridized carbons (Fsp3) is 0.167. The lowest BCUT2D eigenvalue weighted by atomic mass is 10.00. The number of halogens is 1. The highest BCUT2D eigenvalue weighted by molar-refractivity contribution is 5.97. The number of amides is 1. The number of carbonyl (C=O) groups is 1. The van der Waals surface area contributed by atoms with Crippen LogP contribution in [-0.4, -0.2) is 16.0 Å². The highest BCUT2D eigenvalue weighted by Crippen LogP contribution is 2.44. The first kappa shape index (κ1) is 15.3. The van der Waals surface area contributed by atoms with E-state index in [4.69, 9.17) is 16.0 Å². The molecular weight excluding hydrogens is 323 g/mol. The van der Waals surface area contributed by atoms with E-state index >= 15 is 4.39 Å². The zero-order chi connectivity index (χ0) is 17.6. The minimum absolute atomic E-state index is 0.0226. The summed E-state index contributed by atoms with van der Waals surface area (Å²) in [5.41, 5.74) is 13.7. The topological polar surface area (TPSA) is 108 Å². The summed E-state index contributed by atoms with van der Waals surface area (Å²) in [7, 11) is 0. The molecule has 2 heterocycles. The average molecular weight is 338 g/mol. The monoisotopic (exact) mass is 338 g/mol. The van der Waals surface area contributed by atoms with Crippen molar-refractivity contribution in [2.24, 2.45) is 5.73 Å². The van der Waals surface area contributed by atoms with Gasteiger partial charge in [-0.1, -0.05) is 11.2 Å². The van der Waals surface area contributed by atoms with Crippen LogP contribution >= 0.6 is 0 Å². The molecule has 25 heavy (non-hydrogen) atoms. The van der Waals surface area contributed by atoms with Crippen molar-refractivity contribution in [1.29, 1.82) is 0 Å². The van der Waals surface area contributed by atoms with Crippen molar-refractivity contribution in [3.63, 3.8) is 0 Å². The van der Waals surface area contributed by atoms with Crippen LogP contribution in [0.15, 0.2) is 41.1 Å². The number of nitrogens with zero attached hydrogens (tertiary/aromatic N) is 2. The Balaban J connectivity index is 1.90. The largest absolute Gasteiger partial charge is 0.397 e. The summed E-state index contributed by atoms with van der Waals surface area (Å²) >= 11 is 0. The van der Waals surface area contributed by atoms with E-state index < -0.39 is 11.7 Å². The molecule has 1 fully saturated rings. The van der Waals surface area contributed by atoms with E-state index in [0.29, 0.717) is 17.0 Å². The number of hydrogen-bond donors (Lipinski definition) is 2.